The van der Waals surface area contributed by atoms with Crippen molar-refractivity contribution in [1.82, 2.24) is 0 Å². The van der Waals surface area contributed by atoms with E-state index in [1.807, 2.05) is 54.6 Å². The summed E-state index contributed by atoms with van der Waals surface area (Å²) >= 11 is 0. The van der Waals surface area contributed by atoms with E-state index >= 15 is 0 Å². The number of carbonyl (C=O) groups excluding carboxylic acids is 1. The van der Waals surface area contributed by atoms with Crippen LogP contribution in [0.1, 0.15) is 5.56 Å². The van der Waals surface area contributed by atoms with Crippen molar-refractivity contribution < 1.29 is 26.6 Å². The van der Waals surface area contributed by atoms with Crippen molar-refractivity contribution in [2.45, 2.75) is 6.61 Å². The Kier molecular flexibility index (Phi) is 8.75. The number of hydrogen-bond donors (Lipinski definition) is 0. The molecule has 0 aromatic heterocycles. The minimum absolute atomic E-state index is 0. The first-order chi connectivity index (χ1) is 7.83. The van der Waals surface area contributed by atoms with Gasteiger partial charge in [-0.3, -0.25) is 0 Å². The third-order valence-electron chi connectivity index (χ3n) is 1.84. The minimum atomic E-state index is -0.383. The summed E-state index contributed by atoms with van der Waals surface area (Å²) in [6.45, 7) is 3.62. The molecule has 0 saturated carbocycles. The van der Waals surface area contributed by atoms with Gasteiger partial charge in [0, 0.05) is 6.08 Å². The Bertz CT molecular complexity index is 371. The third-order valence-corrected chi connectivity index (χ3v) is 1.84. The van der Waals surface area contributed by atoms with Crippen molar-refractivity contribution >= 4 is 5.97 Å². The van der Waals surface area contributed by atoms with Gasteiger partial charge in [0.25, 0.3) is 0 Å². The van der Waals surface area contributed by atoms with E-state index in [4.69, 9.17) is 4.74 Å². The molecule has 0 aliphatic rings. The summed E-state index contributed by atoms with van der Waals surface area (Å²) in [5.41, 5.74) is 1.00. The summed E-state index contributed by atoms with van der Waals surface area (Å²) in [4.78, 5) is 10.6. The molecule has 0 fully saturated rings. The fourth-order valence-corrected chi connectivity index (χ4v) is 1.04. The van der Waals surface area contributed by atoms with Crippen molar-refractivity contribution in [2.75, 3.05) is 0 Å². The zero-order chi connectivity index (χ0) is 11.6. The quantitative estimate of drug-likeness (QED) is 0.371. The number of hydrogen-bond acceptors (Lipinski definition) is 2. The molecule has 2 nitrogen and oxygen atoms in total. The van der Waals surface area contributed by atoms with Crippen LogP contribution in [0, 0.1) is 0 Å². The molecule has 3 heteroatoms. The summed E-state index contributed by atoms with van der Waals surface area (Å²) in [7, 11) is 0. The van der Waals surface area contributed by atoms with Gasteiger partial charge in [-0.05, 0) is 0 Å². The summed E-state index contributed by atoms with van der Waals surface area (Å²) in [5, 5.41) is 0. The first kappa shape index (κ1) is 15.4. The van der Waals surface area contributed by atoms with Crippen molar-refractivity contribution in [2.24, 2.45) is 0 Å². The standard InChI is InChI=1S/C9H9O2.C5H5.Fe/c1-2-9(10)11-7-8-5-3-4-6-8;1-2-4-5-3-1;/h2-6H,1,7H2;1-5H;/q2*-1;+2. The molecule has 0 bridgehead atoms. The Hall–Kier alpha value is -1.57. The Morgan fingerprint density at radius 1 is 1.29 bits per heavy atom. The van der Waals surface area contributed by atoms with Crippen molar-refractivity contribution in [3.8, 4) is 0 Å². The van der Waals surface area contributed by atoms with E-state index in [0.29, 0.717) is 6.61 Å². The monoisotopic (exact) mass is 270 g/mol. The maximum atomic E-state index is 10.6. The van der Waals surface area contributed by atoms with Crippen LogP contribution in [0.3, 0.4) is 0 Å². The second-order valence-electron chi connectivity index (χ2n) is 3.07. The molecule has 0 atom stereocenters. The predicted molar refractivity (Wildman–Crippen MR) is 64.1 cm³/mol. The molecule has 2 aromatic rings. The van der Waals surface area contributed by atoms with Crippen LogP contribution in [0.5, 0.6) is 0 Å². The number of ether oxygens (including phenoxy) is 1. The molecule has 17 heavy (non-hydrogen) atoms. The number of carbonyl (C=O) groups is 1. The maximum absolute atomic E-state index is 10.6. The van der Waals surface area contributed by atoms with Crippen LogP contribution >= 0.6 is 0 Å². The van der Waals surface area contributed by atoms with E-state index in [1.54, 1.807) is 0 Å². The fraction of sp³-hybridized carbons (Fsp3) is 0.0714. The number of esters is 1. The van der Waals surface area contributed by atoms with Crippen LogP contribution in [0.15, 0.2) is 67.3 Å². The molecule has 2 aromatic carbocycles. The average Bonchev–Trinajstić information content (AvgIpc) is 3.00. The van der Waals surface area contributed by atoms with E-state index in [9.17, 15) is 4.79 Å². The number of rotatable bonds is 3. The molecule has 2 rings (SSSR count). The molecule has 0 aliphatic heterocycles. The largest absolute Gasteiger partial charge is 2.00 e. The van der Waals surface area contributed by atoms with Gasteiger partial charge in [0.2, 0.25) is 0 Å². The Morgan fingerprint density at radius 3 is 2.41 bits per heavy atom. The topological polar surface area (TPSA) is 26.3 Å². The normalized spacial score (nSPS) is 8.24. The van der Waals surface area contributed by atoms with Crippen LogP contribution in [0.25, 0.3) is 0 Å². The van der Waals surface area contributed by atoms with E-state index in [1.165, 1.54) is 0 Å². The van der Waals surface area contributed by atoms with Gasteiger partial charge in [0.1, 0.15) is 0 Å². The summed E-state index contributed by atoms with van der Waals surface area (Å²) in [6.07, 6.45) is 1.16. The molecule has 0 aliphatic carbocycles. The van der Waals surface area contributed by atoms with Crippen LogP contribution in [-0.4, -0.2) is 5.97 Å². The van der Waals surface area contributed by atoms with E-state index in [0.717, 1.165) is 11.6 Å². The van der Waals surface area contributed by atoms with E-state index < -0.39 is 0 Å². The summed E-state index contributed by atoms with van der Waals surface area (Å²) < 4.78 is 4.78. The minimum Gasteiger partial charge on any atom is -0.460 e. The van der Waals surface area contributed by atoms with Crippen molar-refractivity contribution in [3.05, 3.63) is 72.8 Å². The van der Waals surface area contributed by atoms with Crippen molar-refractivity contribution in [1.29, 1.82) is 0 Å². The molecule has 0 unspecified atom stereocenters. The van der Waals surface area contributed by atoms with Gasteiger partial charge < -0.3 is 4.74 Å². The molecule has 0 saturated heterocycles. The molecule has 0 spiro atoms. The molecular weight excluding hydrogens is 256 g/mol. The van der Waals surface area contributed by atoms with Crippen LogP contribution in [0.2, 0.25) is 0 Å². The second kappa shape index (κ2) is 9.64. The molecule has 90 valence electrons. The molecule has 0 radical (unpaired) electrons. The third kappa shape index (κ3) is 7.34. The SMILES string of the molecule is C=CC(=O)OCc1ccc[cH-]1.[Fe+2].c1cc[cH-]c1. The maximum Gasteiger partial charge on any atom is 2.00 e. The van der Waals surface area contributed by atoms with Crippen LogP contribution < -0.4 is 0 Å². The molecule has 0 N–H and O–H groups in total. The molecular formula is C14H14FeO2. The Morgan fingerprint density at radius 2 is 2.00 bits per heavy atom. The summed E-state index contributed by atoms with van der Waals surface area (Å²) in [5.74, 6) is -0.383. The van der Waals surface area contributed by atoms with Crippen LogP contribution in [-0.2, 0) is 33.2 Å². The fourth-order valence-electron chi connectivity index (χ4n) is 1.04. The Labute approximate surface area is 112 Å². The smallest absolute Gasteiger partial charge is 0.460 e. The first-order valence-electron chi connectivity index (χ1n) is 4.99. The zero-order valence-electron chi connectivity index (χ0n) is 9.36. The summed E-state index contributed by atoms with van der Waals surface area (Å²) in [6, 6.07) is 17.6. The van der Waals surface area contributed by atoms with Gasteiger partial charge in [-0.25, -0.2) is 29.1 Å². The van der Waals surface area contributed by atoms with Gasteiger partial charge in [-0.2, -0.15) is 30.3 Å². The van der Waals surface area contributed by atoms with Gasteiger partial charge in [0.05, 0.1) is 6.61 Å². The van der Waals surface area contributed by atoms with Gasteiger partial charge in [0.15, 0.2) is 0 Å². The van der Waals surface area contributed by atoms with Crippen LogP contribution in [0.4, 0.5) is 0 Å². The molecule has 0 heterocycles. The predicted octanol–water partition coefficient (Wildman–Crippen LogP) is 3.04. The zero-order valence-corrected chi connectivity index (χ0v) is 10.5. The van der Waals surface area contributed by atoms with Gasteiger partial charge >= 0.3 is 23.0 Å². The van der Waals surface area contributed by atoms with Gasteiger partial charge in [-0.15, -0.1) is 5.56 Å². The van der Waals surface area contributed by atoms with E-state index in [2.05, 4.69) is 6.58 Å². The average molecular weight is 270 g/mol. The molecule has 0 amide bonds. The van der Waals surface area contributed by atoms with Gasteiger partial charge in [-0.1, -0.05) is 6.58 Å². The van der Waals surface area contributed by atoms with Crippen molar-refractivity contribution in [3.63, 3.8) is 0 Å². The van der Waals surface area contributed by atoms with E-state index in [-0.39, 0.29) is 23.0 Å². The first-order valence-corrected chi connectivity index (χ1v) is 4.99. The second-order valence-corrected chi connectivity index (χ2v) is 3.07. The Balaban J connectivity index is 0.000000360.